The van der Waals surface area contributed by atoms with Gasteiger partial charge in [-0.2, -0.15) is 0 Å². The van der Waals surface area contributed by atoms with Crippen LogP contribution in [-0.2, 0) is 4.79 Å². The Balaban J connectivity index is 2.21. The van der Waals surface area contributed by atoms with E-state index >= 15 is 0 Å². The molecule has 2 nitrogen and oxygen atoms in total. The van der Waals surface area contributed by atoms with Gasteiger partial charge in [0, 0.05) is 5.92 Å². The molecule has 0 spiro atoms. The molecule has 0 aliphatic heterocycles. The highest BCUT2D eigenvalue weighted by molar-refractivity contribution is 5.87. The quantitative estimate of drug-likeness (QED) is 0.604. The van der Waals surface area contributed by atoms with E-state index in [2.05, 4.69) is 6.58 Å². The monoisotopic (exact) mass is 153 g/mol. The molecule has 1 unspecified atom stereocenters. The van der Waals surface area contributed by atoms with E-state index in [1.807, 2.05) is 0 Å². The lowest BCUT2D eigenvalue weighted by molar-refractivity contribution is -0.121. The minimum absolute atomic E-state index is 0.236. The molecule has 2 N–H and O–H groups in total. The van der Waals surface area contributed by atoms with E-state index in [9.17, 15) is 4.79 Å². The van der Waals surface area contributed by atoms with Crippen LogP contribution in [0.4, 0.5) is 0 Å². The summed E-state index contributed by atoms with van der Waals surface area (Å²) in [6, 6.07) is -0.236. The van der Waals surface area contributed by atoms with Gasteiger partial charge in [-0.05, 0) is 25.7 Å². The number of carbonyl (C=O) groups excluding carboxylic acids is 1. The summed E-state index contributed by atoms with van der Waals surface area (Å²) in [5.41, 5.74) is 5.65. The van der Waals surface area contributed by atoms with E-state index in [4.69, 9.17) is 5.73 Å². The predicted octanol–water partition coefficient (Wildman–Crippen LogP) is 1.26. The highest BCUT2D eigenvalue weighted by atomic mass is 16.1. The molecule has 2 heteroatoms. The van der Waals surface area contributed by atoms with Gasteiger partial charge in [0.15, 0.2) is 5.78 Å². The number of Topliss-reactive ketones (excluding diaryl/α,β-unsaturated/α-hetero) is 1. The molecular formula is C9H15NO. The minimum Gasteiger partial charge on any atom is -0.321 e. The second-order valence-corrected chi connectivity index (χ2v) is 3.15. The number of ketones is 1. The molecule has 1 aliphatic carbocycles. The van der Waals surface area contributed by atoms with Crippen LogP contribution >= 0.6 is 0 Å². The van der Waals surface area contributed by atoms with E-state index in [0.29, 0.717) is 5.92 Å². The Morgan fingerprint density at radius 1 is 1.73 bits per heavy atom. The first-order valence-electron chi connectivity index (χ1n) is 4.16. The van der Waals surface area contributed by atoms with Crippen LogP contribution in [0, 0.1) is 5.92 Å². The fraction of sp³-hybridized carbons (Fsp3) is 0.667. The lowest BCUT2D eigenvalue weighted by Gasteiger charge is -2.06. The summed E-state index contributed by atoms with van der Waals surface area (Å²) >= 11 is 0. The topological polar surface area (TPSA) is 43.1 Å². The van der Waals surface area contributed by atoms with Gasteiger partial charge in [0.05, 0.1) is 6.04 Å². The molecule has 0 aromatic heterocycles. The number of hydrogen-bond donors (Lipinski definition) is 1. The number of hydrogen-bond acceptors (Lipinski definition) is 2. The normalized spacial score (nSPS) is 19.4. The van der Waals surface area contributed by atoms with Crippen LogP contribution in [0.25, 0.3) is 0 Å². The lowest BCUT2D eigenvalue weighted by Crippen LogP contribution is -2.31. The number of carbonyl (C=O) groups is 1. The summed E-state index contributed by atoms with van der Waals surface area (Å²) in [4.78, 5) is 11.3. The van der Waals surface area contributed by atoms with Gasteiger partial charge in [-0.15, -0.1) is 6.58 Å². The summed E-state index contributed by atoms with van der Waals surface area (Å²) < 4.78 is 0. The lowest BCUT2D eigenvalue weighted by atomic mass is 10.0. The van der Waals surface area contributed by atoms with Crippen molar-refractivity contribution in [2.24, 2.45) is 11.7 Å². The highest BCUT2D eigenvalue weighted by Gasteiger charge is 2.32. The molecule has 0 amide bonds. The van der Waals surface area contributed by atoms with Gasteiger partial charge < -0.3 is 5.73 Å². The van der Waals surface area contributed by atoms with E-state index < -0.39 is 0 Å². The Hall–Kier alpha value is -0.630. The standard InChI is InChI=1S/C9H15NO/c1-2-3-4-8(10)9(11)7-5-6-7/h2,7-8H,1,3-6,10H2. The third-order valence-electron chi connectivity index (χ3n) is 2.03. The molecule has 11 heavy (non-hydrogen) atoms. The third-order valence-corrected chi connectivity index (χ3v) is 2.03. The Labute approximate surface area is 67.5 Å². The maximum atomic E-state index is 11.3. The van der Waals surface area contributed by atoms with Crippen molar-refractivity contribution >= 4 is 5.78 Å². The van der Waals surface area contributed by atoms with E-state index in [-0.39, 0.29) is 11.8 Å². The van der Waals surface area contributed by atoms with Crippen LogP contribution in [0.2, 0.25) is 0 Å². The Kier molecular flexibility index (Phi) is 2.83. The van der Waals surface area contributed by atoms with Gasteiger partial charge in [0.25, 0.3) is 0 Å². The SMILES string of the molecule is C=CCCC(N)C(=O)C1CC1. The van der Waals surface area contributed by atoms with Gasteiger partial charge in [-0.1, -0.05) is 6.08 Å². The molecule has 1 saturated carbocycles. The van der Waals surface area contributed by atoms with Gasteiger partial charge >= 0.3 is 0 Å². The maximum absolute atomic E-state index is 11.3. The maximum Gasteiger partial charge on any atom is 0.152 e. The molecule has 0 bridgehead atoms. The van der Waals surface area contributed by atoms with Crippen molar-refractivity contribution in [1.82, 2.24) is 0 Å². The Morgan fingerprint density at radius 3 is 2.82 bits per heavy atom. The number of nitrogens with two attached hydrogens (primary N) is 1. The fourth-order valence-corrected chi connectivity index (χ4v) is 1.11. The second-order valence-electron chi connectivity index (χ2n) is 3.15. The zero-order valence-corrected chi connectivity index (χ0v) is 6.75. The molecular weight excluding hydrogens is 138 g/mol. The zero-order chi connectivity index (χ0) is 8.27. The van der Waals surface area contributed by atoms with Crippen LogP contribution < -0.4 is 5.73 Å². The van der Waals surface area contributed by atoms with Crippen LogP contribution in [0.5, 0.6) is 0 Å². The van der Waals surface area contributed by atoms with Crippen LogP contribution in [0.1, 0.15) is 25.7 Å². The molecule has 0 heterocycles. The van der Waals surface area contributed by atoms with Crippen molar-refractivity contribution < 1.29 is 4.79 Å². The molecule has 1 fully saturated rings. The van der Waals surface area contributed by atoms with Crippen LogP contribution in [-0.4, -0.2) is 11.8 Å². The van der Waals surface area contributed by atoms with Crippen LogP contribution in [0.15, 0.2) is 12.7 Å². The number of allylic oxidation sites excluding steroid dienone is 1. The van der Waals surface area contributed by atoms with Crippen molar-refractivity contribution in [3.05, 3.63) is 12.7 Å². The van der Waals surface area contributed by atoms with Crippen molar-refractivity contribution in [1.29, 1.82) is 0 Å². The van der Waals surface area contributed by atoms with Gasteiger partial charge in [-0.3, -0.25) is 4.79 Å². The van der Waals surface area contributed by atoms with Crippen molar-refractivity contribution in [3.63, 3.8) is 0 Å². The van der Waals surface area contributed by atoms with Crippen molar-refractivity contribution in [3.8, 4) is 0 Å². The molecule has 0 aromatic rings. The average Bonchev–Trinajstić information content (AvgIpc) is 2.81. The van der Waals surface area contributed by atoms with E-state index in [1.54, 1.807) is 6.08 Å². The molecule has 0 radical (unpaired) electrons. The molecule has 1 rings (SSSR count). The predicted molar refractivity (Wildman–Crippen MR) is 45.1 cm³/mol. The Bertz CT molecular complexity index is 161. The highest BCUT2D eigenvalue weighted by Crippen LogP contribution is 2.31. The summed E-state index contributed by atoms with van der Waals surface area (Å²) in [5, 5.41) is 0. The van der Waals surface area contributed by atoms with E-state index in [0.717, 1.165) is 25.7 Å². The molecule has 62 valence electrons. The number of rotatable bonds is 5. The molecule has 1 atom stereocenters. The first-order valence-corrected chi connectivity index (χ1v) is 4.16. The van der Waals surface area contributed by atoms with E-state index in [1.165, 1.54) is 0 Å². The molecule has 0 aromatic carbocycles. The average molecular weight is 153 g/mol. The molecule has 1 aliphatic rings. The summed E-state index contributed by atoms with van der Waals surface area (Å²) in [6.07, 6.45) is 5.53. The second kappa shape index (κ2) is 3.67. The summed E-state index contributed by atoms with van der Waals surface area (Å²) in [6.45, 7) is 3.59. The smallest absolute Gasteiger partial charge is 0.152 e. The first kappa shape index (κ1) is 8.47. The Morgan fingerprint density at radius 2 is 2.36 bits per heavy atom. The minimum atomic E-state index is -0.236. The first-order chi connectivity index (χ1) is 5.25. The third kappa shape index (κ3) is 2.46. The summed E-state index contributed by atoms with van der Waals surface area (Å²) in [5.74, 6) is 0.557. The van der Waals surface area contributed by atoms with Crippen molar-refractivity contribution in [2.75, 3.05) is 0 Å². The largest absolute Gasteiger partial charge is 0.321 e. The van der Waals surface area contributed by atoms with Crippen LogP contribution in [0.3, 0.4) is 0 Å². The molecule has 0 saturated heterocycles. The fourth-order valence-electron chi connectivity index (χ4n) is 1.11. The zero-order valence-electron chi connectivity index (χ0n) is 6.75. The van der Waals surface area contributed by atoms with Gasteiger partial charge in [0.2, 0.25) is 0 Å². The van der Waals surface area contributed by atoms with Gasteiger partial charge in [-0.25, -0.2) is 0 Å². The van der Waals surface area contributed by atoms with Gasteiger partial charge in [0.1, 0.15) is 0 Å². The van der Waals surface area contributed by atoms with Crippen molar-refractivity contribution in [2.45, 2.75) is 31.7 Å². The summed E-state index contributed by atoms with van der Waals surface area (Å²) in [7, 11) is 0.